The lowest BCUT2D eigenvalue weighted by Crippen LogP contribution is -2.27. The summed E-state index contributed by atoms with van der Waals surface area (Å²) in [6.45, 7) is 8.56. The molecule has 0 radical (unpaired) electrons. The lowest BCUT2D eigenvalue weighted by molar-refractivity contribution is 0.0979. The zero-order valence-corrected chi connectivity index (χ0v) is 13.2. The summed E-state index contributed by atoms with van der Waals surface area (Å²) in [6, 6.07) is 4.13. The topological polar surface area (TPSA) is 43.0 Å². The molecule has 0 saturated carbocycles. The van der Waals surface area contributed by atoms with Gasteiger partial charge in [0.25, 0.3) is 0 Å². The van der Waals surface area contributed by atoms with Crippen molar-refractivity contribution in [1.82, 2.24) is 14.3 Å². The van der Waals surface area contributed by atoms with Crippen molar-refractivity contribution < 1.29 is 5.11 Å². The molecule has 0 saturated heterocycles. The van der Waals surface area contributed by atoms with Crippen LogP contribution < -0.4 is 0 Å². The largest absolute Gasteiger partial charge is 0.388 e. The van der Waals surface area contributed by atoms with E-state index in [-0.39, 0.29) is 11.5 Å². The van der Waals surface area contributed by atoms with Crippen LogP contribution in [0.5, 0.6) is 0 Å². The smallest absolute Gasteiger partial charge is 0.0812 e. The van der Waals surface area contributed by atoms with E-state index in [4.69, 9.17) is 0 Å². The monoisotopic (exact) mass is 287 g/mol. The van der Waals surface area contributed by atoms with Crippen LogP contribution in [-0.2, 0) is 19.5 Å². The van der Waals surface area contributed by atoms with E-state index in [1.807, 2.05) is 23.1 Å². The second-order valence-electron chi connectivity index (χ2n) is 7.02. The average Bonchev–Trinajstić information content (AvgIpc) is 2.99. The molecular formula is C17H25N3O. The molecule has 0 aliphatic heterocycles. The van der Waals surface area contributed by atoms with Crippen molar-refractivity contribution >= 4 is 0 Å². The second kappa shape index (κ2) is 5.34. The normalized spacial score (nSPS) is 20.5. The fraction of sp³-hybridized carbons (Fsp3) is 0.588. The van der Waals surface area contributed by atoms with E-state index < -0.39 is 0 Å². The third kappa shape index (κ3) is 2.91. The first-order chi connectivity index (χ1) is 9.96. The summed E-state index contributed by atoms with van der Waals surface area (Å²) in [4.78, 5) is 0. The standard InChI is InChI=1S/C17H25N3O/c1-13-10-14-15(11-17(2,3)12-16(14)21)20(13)9-5-8-19-7-4-6-18-19/h4,6-7,10,16,21H,5,8-9,11-12H2,1-3H3. The Bertz CT molecular complexity index is 610. The van der Waals surface area contributed by atoms with Gasteiger partial charge in [0.1, 0.15) is 0 Å². The van der Waals surface area contributed by atoms with Crippen LogP contribution >= 0.6 is 0 Å². The molecule has 2 heterocycles. The minimum Gasteiger partial charge on any atom is -0.388 e. The highest BCUT2D eigenvalue weighted by Crippen LogP contribution is 2.41. The predicted octanol–water partition coefficient (Wildman–Crippen LogP) is 3.09. The van der Waals surface area contributed by atoms with Gasteiger partial charge in [-0.1, -0.05) is 13.8 Å². The number of hydrogen-bond acceptors (Lipinski definition) is 2. The molecule has 0 spiro atoms. The molecule has 0 amide bonds. The fourth-order valence-electron chi connectivity index (χ4n) is 3.53. The van der Waals surface area contributed by atoms with Crippen molar-refractivity contribution in [2.45, 2.75) is 59.2 Å². The van der Waals surface area contributed by atoms with Gasteiger partial charge in [-0.3, -0.25) is 4.68 Å². The maximum atomic E-state index is 10.4. The highest BCUT2D eigenvalue weighted by molar-refractivity contribution is 5.33. The van der Waals surface area contributed by atoms with Gasteiger partial charge in [-0.2, -0.15) is 5.10 Å². The lowest BCUT2D eigenvalue weighted by atomic mass is 9.75. The van der Waals surface area contributed by atoms with E-state index in [0.717, 1.165) is 37.9 Å². The Morgan fingerprint density at radius 3 is 2.90 bits per heavy atom. The minimum atomic E-state index is -0.310. The average molecular weight is 287 g/mol. The first-order valence-corrected chi connectivity index (χ1v) is 7.81. The molecule has 1 aliphatic rings. The number of nitrogens with zero attached hydrogens (tertiary/aromatic N) is 3. The van der Waals surface area contributed by atoms with E-state index in [1.165, 1.54) is 11.4 Å². The SMILES string of the molecule is Cc1cc2c(n1CCCn1cccn1)CC(C)(C)CC2O. The first kappa shape index (κ1) is 14.4. The number of aromatic nitrogens is 3. The summed E-state index contributed by atoms with van der Waals surface area (Å²) >= 11 is 0. The Morgan fingerprint density at radius 2 is 2.19 bits per heavy atom. The van der Waals surface area contributed by atoms with Gasteiger partial charge < -0.3 is 9.67 Å². The van der Waals surface area contributed by atoms with E-state index in [2.05, 4.69) is 36.5 Å². The number of hydrogen-bond donors (Lipinski definition) is 1. The molecular weight excluding hydrogens is 262 g/mol. The Hall–Kier alpha value is -1.55. The molecule has 1 N–H and O–H groups in total. The van der Waals surface area contributed by atoms with E-state index >= 15 is 0 Å². The molecule has 114 valence electrons. The molecule has 21 heavy (non-hydrogen) atoms. The first-order valence-electron chi connectivity index (χ1n) is 7.81. The molecule has 1 atom stereocenters. The van der Waals surface area contributed by atoms with Gasteiger partial charge in [0.05, 0.1) is 6.10 Å². The molecule has 2 aromatic heterocycles. The van der Waals surface area contributed by atoms with Crippen LogP contribution in [0.15, 0.2) is 24.5 Å². The predicted molar refractivity (Wildman–Crippen MR) is 83.1 cm³/mol. The highest BCUT2D eigenvalue weighted by Gasteiger charge is 2.33. The summed E-state index contributed by atoms with van der Waals surface area (Å²) in [5.74, 6) is 0. The third-order valence-corrected chi connectivity index (χ3v) is 4.53. The summed E-state index contributed by atoms with van der Waals surface area (Å²) in [5.41, 5.74) is 3.91. The number of aliphatic hydroxyl groups excluding tert-OH is 1. The van der Waals surface area contributed by atoms with Crippen LogP contribution in [0.1, 0.15) is 49.7 Å². The molecule has 3 rings (SSSR count). The molecule has 2 aromatic rings. The number of aryl methyl sites for hydroxylation is 2. The zero-order valence-electron chi connectivity index (χ0n) is 13.2. The van der Waals surface area contributed by atoms with Crippen LogP contribution in [0.25, 0.3) is 0 Å². The highest BCUT2D eigenvalue weighted by atomic mass is 16.3. The summed E-state index contributed by atoms with van der Waals surface area (Å²) in [7, 11) is 0. The Labute approximate surface area is 126 Å². The van der Waals surface area contributed by atoms with Gasteiger partial charge in [-0.05, 0) is 43.7 Å². The molecule has 0 aromatic carbocycles. The van der Waals surface area contributed by atoms with Gasteiger partial charge in [0.2, 0.25) is 0 Å². The Morgan fingerprint density at radius 1 is 1.38 bits per heavy atom. The maximum absolute atomic E-state index is 10.4. The van der Waals surface area contributed by atoms with Crippen molar-refractivity contribution in [1.29, 1.82) is 0 Å². The molecule has 4 nitrogen and oxygen atoms in total. The second-order valence-corrected chi connectivity index (χ2v) is 7.02. The number of fused-ring (bicyclic) bond motifs is 1. The molecule has 4 heteroatoms. The molecule has 0 fully saturated rings. The van der Waals surface area contributed by atoms with Gasteiger partial charge in [0.15, 0.2) is 0 Å². The van der Waals surface area contributed by atoms with Crippen LogP contribution in [0.4, 0.5) is 0 Å². The zero-order chi connectivity index (χ0) is 15.0. The molecule has 1 aliphatic carbocycles. The van der Waals surface area contributed by atoms with Crippen molar-refractivity contribution in [3.63, 3.8) is 0 Å². The van der Waals surface area contributed by atoms with Gasteiger partial charge in [-0.15, -0.1) is 0 Å². The minimum absolute atomic E-state index is 0.178. The van der Waals surface area contributed by atoms with Crippen LogP contribution in [0.3, 0.4) is 0 Å². The van der Waals surface area contributed by atoms with Crippen LogP contribution in [-0.4, -0.2) is 19.5 Å². The van der Waals surface area contributed by atoms with Gasteiger partial charge in [-0.25, -0.2) is 0 Å². The maximum Gasteiger partial charge on any atom is 0.0812 e. The molecule has 0 bridgehead atoms. The third-order valence-electron chi connectivity index (χ3n) is 4.53. The van der Waals surface area contributed by atoms with Crippen LogP contribution in [0.2, 0.25) is 0 Å². The summed E-state index contributed by atoms with van der Waals surface area (Å²) in [5, 5.41) is 14.6. The Balaban J connectivity index is 1.76. The van der Waals surface area contributed by atoms with Gasteiger partial charge in [0, 0.05) is 42.4 Å². The quantitative estimate of drug-likeness (QED) is 0.939. The number of aliphatic hydroxyl groups is 1. The van der Waals surface area contributed by atoms with E-state index in [1.54, 1.807) is 0 Å². The van der Waals surface area contributed by atoms with E-state index in [9.17, 15) is 5.11 Å². The fourth-order valence-corrected chi connectivity index (χ4v) is 3.53. The van der Waals surface area contributed by atoms with Crippen LogP contribution in [0, 0.1) is 12.3 Å². The Kier molecular flexibility index (Phi) is 3.66. The number of rotatable bonds is 4. The van der Waals surface area contributed by atoms with Crippen molar-refractivity contribution in [2.24, 2.45) is 5.41 Å². The summed E-state index contributed by atoms with van der Waals surface area (Å²) < 4.78 is 4.37. The van der Waals surface area contributed by atoms with Crippen molar-refractivity contribution in [2.75, 3.05) is 0 Å². The van der Waals surface area contributed by atoms with Gasteiger partial charge >= 0.3 is 0 Å². The van der Waals surface area contributed by atoms with Crippen molar-refractivity contribution in [3.05, 3.63) is 41.5 Å². The summed E-state index contributed by atoms with van der Waals surface area (Å²) in [6.07, 6.45) is 6.48. The van der Waals surface area contributed by atoms with E-state index in [0.29, 0.717) is 0 Å². The lowest BCUT2D eigenvalue weighted by Gasteiger charge is -2.34. The molecule has 1 unspecified atom stereocenters. The van der Waals surface area contributed by atoms with Crippen molar-refractivity contribution in [3.8, 4) is 0 Å².